The summed E-state index contributed by atoms with van der Waals surface area (Å²) in [6.07, 6.45) is 9.76. The highest BCUT2D eigenvalue weighted by molar-refractivity contribution is 5.69. The van der Waals surface area contributed by atoms with Gasteiger partial charge in [0.05, 0.1) is 29.7 Å². The van der Waals surface area contributed by atoms with Gasteiger partial charge in [-0.05, 0) is 79.4 Å². The van der Waals surface area contributed by atoms with Crippen molar-refractivity contribution in [1.29, 1.82) is 0 Å². The van der Waals surface area contributed by atoms with Crippen LogP contribution in [0, 0.1) is 0 Å². The lowest BCUT2D eigenvalue weighted by Crippen LogP contribution is -2.14. The Labute approximate surface area is 206 Å². The Morgan fingerprint density at radius 2 is 1.46 bits per heavy atom. The fourth-order valence-electron chi connectivity index (χ4n) is 5.98. The number of hydrogen-bond acceptors (Lipinski definition) is 4. The summed E-state index contributed by atoms with van der Waals surface area (Å²) < 4.78 is 0. The third kappa shape index (κ3) is 4.01. The highest BCUT2D eigenvalue weighted by Crippen LogP contribution is 2.31. The summed E-state index contributed by atoms with van der Waals surface area (Å²) in [6.45, 7) is 2.18. The standard InChI is InChI=1S/C29H32N6/c1-3-24(30-13-1)28-32-17-27(35-28)19-7-5-18(6-8-19)20-9-10-22-16-26-23(12-11-21(22)15-20)33-29(34-26)25-4-2-14-31-25/h5-10,15,17,24-25,30-31H,1-4,11-14,16H2,(H,32,35)(H,33,34)/t24-,25-/m0/s1. The Kier molecular flexibility index (Phi) is 5.29. The van der Waals surface area contributed by atoms with Crippen LogP contribution in [0.5, 0.6) is 0 Å². The molecule has 3 aliphatic rings. The molecule has 0 saturated carbocycles. The van der Waals surface area contributed by atoms with Crippen molar-refractivity contribution in [3.8, 4) is 22.4 Å². The lowest BCUT2D eigenvalue weighted by atomic mass is 9.95. The van der Waals surface area contributed by atoms with E-state index in [0.717, 1.165) is 56.1 Å². The van der Waals surface area contributed by atoms with E-state index in [4.69, 9.17) is 4.98 Å². The molecule has 0 bridgehead atoms. The second-order valence-electron chi connectivity index (χ2n) is 10.3. The highest BCUT2D eigenvalue weighted by atomic mass is 15.1. The molecule has 7 rings (SSSR count). The lowest BCUT2D eigenvalue weighted by Gasteiger charge is -2.10. The van der Waals surface area contributed by atoms with Gasteiger partial charge in [-0.15, -0.1) is 0 Å². The molecule has 2 aromatic carbocycles. The normalized spacial score (nSPS) is 21.6. The van der Waals surface area contributed by atoms with Gasteiger partial charge in [0.1, 0.15) is 11.6 Å². The first-order valence-electron chi connectivity index (χ1n) is 13.1. The summed E-state index contributed by atoms with van der Waals surface area (Å²) in [4.78, 5) is 16.8. The number of imidazole rings is 2. The van der Waals surface area contributed by atoms with Crippen LogP contribution in [0.15, 0.2) is 48.7 Å². The van der Waals surface area contributed by atoms with Crippen LogP contribution in [0.25, 0.3) is 22.4 Å². The first kappa shape index (κ1) is 21.1. The number of H-pyrrole nitrogens is 2. The number of rotatable bonds is 4. The van der Waals surface area contributed by atoms with Crippen LogP contribution in [0.4, 0.5) is 0 Å². The molecule has 4 N–H and O–H groups in total. The summed E-state index contributed by atoms with van der Waals surface area (Å²) in [5, 5.41) is 7.08. The predicted octanol–water partition coefficient (Wildman–Crippen LogP) is 5.01. The summed E-state index contributed by atoms with van der Waals surface area (Å²) in [6, 6.07) is 16.6. The zero-order valence-corrected chi connectivity index (χ0v) is 20.0. The van der Waals surface area contributed by atoms with Crippen molar-refractivity contribution < 1.29 is 0 Å². The van der Waals surface area contributed by atoms with Gasteiger partial charge in [-0.1, -0.05) is 42.5 Å². The van der Waals surface area contributed by atoms with Crippen LogP contribution in [-0.4, -0.2) is 33.0 Å². The van der Waals surface area contributed by atoms with Gasteiger partial charge < -0.3 is 20.6 Å². The predicted molar refractivity (Wildman–Crippen MR) is 138 cm³/mol. The van der Waals surface area contributed by atoms with Gasteiger partial charge in [-0.25, -0.2) is 9.97 Å². The molecule has 2 atom stereocenters. The summed E-state index contributed by atoms with van der Waals surface area (Å²) in [7, 11) is 0. The van der Waals surface area contributed by atoms with Crippen LogP contribution >= 0.6 is 0 Å². The van der Waals surface area contributed by atoms with Crippen LogP contribution in [0.2, 0.25) is 0 Å². The number of fused-ring (bicyclic) bond motifs is 2. The van der Waals surface area contributed by atoms with E-state index in [1.807, 2.05) is 6.20 Å². The molecule has 0 amide bonds. The number of aryl methyl sites for hydroxylation is 2. The van der Waals surface area contributed by atoms with Crippen molar-refractivity contribution in [3.05, 3.63) is 82.8 Å². The Morgan fingerprint density at radius 3 is 2.23 bits per heavy atom. The second kappa shape index (κ2) is 8.77. The minimum Gasteiger partial charge on any atom is -0.344 e. The smallest absolute Gasteiger partial charge is 0.123 e. The molecular weight excluding hydrogens is 432 g/mol. The number of nitrogens with zero attached hydrogens (tertiary/aromatic N) is 2. The maximum Gasteiger partial charge on any atom is 0.123 e. The first-order valence-corrected chi connectivity index (χ1v) is 13.1. The van der Waals surface area contributed by atoms with E-state index in [1.165, 1.54) is 58.5 Å². The molecule has 4 aromatic rings. The van der Waals surface area contributed by atoms with Crippen LogP contribution in [-0.2, 0) is 19.3 Å². The Hall–Kier alpha value is -3.22. The summed E-state index contributed by atoms with van der Waals surface area (Å²) in [5.74, 6) is 2.19. The molecule has 0 radical (unpaired) electrons. The Balaban J connectivity index is 1.10. The molecule has 2 aliphatic heterocycles. The molecule has 4 heterocycles. The zero-order valence-electron chi connectivity index (χ0n) is 20.0. The van der Waals surface area contributed by atoms with Crippen LogP contribution < -0.4 is 10.6 Å². The average molecular weight is 465 g/mol. The fraction of sp³-hybridized carbons (Fsp3) is 0.379. The van der Waals surface area contributed by atoms with E-state index in [2.05, 4.69) is 68.1 Å². The van der Waals surface area contributed by atoms with Crippen molar-refractivity contribution >= 4 is 0 Å². The first-order chi connectivity index (χ1) is 17.3. The van der Waals surface area contributed by atoms with Crippen molar-refractivity contribution in [2.75, 3.05) is 13.1 Å². The van der Waals surface area contributed by atoms with E-state index in [9.17, 15) is 0 Å². The third-order valence-corrected chi connectivity index (χ3v) is 7.99. The van der Waals surface area contributed by atoms with E-state index in [1.54, 1.807) is 0 Å². The van der Waals surface area contributed by atoms with E-state index in [-0.39, 0.29) is 0 Å². The summed E-state index contributed by atoms with van der Waals surface area (Å²) in [5.41, 5.74) is 10.2. The molecule has 0 spiro atoms. The minimum atomic E-state index is 0.366. The van der Waals surface area contributed by atoms with Crippen molar-refractivity contribution in [2.45, 2.75) is 57.0 Å². The number of nitrogens with one attached hydrogen (secondary N) is 4. The lowest BCUT2D eigenvalue weighted by molar-refractivity contribution is 0.609. The fourth-order valence-corrected chi connectivity index (χ4v) is 5.98. The van der Waals surface area contributed by atoms with Gasteiger partial charge in [0.2, 0.25) is 0 Å². The molecule has 178 valence electrons. The molecule has 1 aliphatic carbocycles. The second-order valence-corrected chi connectivity index (χ2v) is 10.3. The number of benzene rings is 2. The molecule has 6 heteroatoms. The Bertz CT molecular complexity index is 1340. The van der Waals surface area contributed by atoms with E-state index < -0.39 is 0 Å². The molecule has 35 heavy (non-hydrogen) atoms. The van der Waals surface area contributed by atoms with Crippen molar-refractivity contribution in [1.82, 2.24) is 30.6 Å². The molecule has 6 nitrogen and oxygen atoms in total. The zero-order chi connectivity index (χ0) is 23.2. The molecule has 0 unspecified atom stereocenters. The van der Waals surface area contributed by atoms with Crippen molar-refractivity contribution in [2.24, 2.45) is 0 Å². The number of hydrogen-bond donors (Lipinski definition) is 4. The maximum absolute atomic E-state index is 4.99. The van der Waals surface area contributed by atoms with Crippen molar-refractivity contribution in [3.63, 3.8) is 0 Å². The van der Waals surface area contributed by atoms with E-state index >= 15 is 0 Å². The highest BCUT2D eigenvalue weighted by Gasteiger charge is 2.24. The topological polar surface area (TPSA) is 81.4 Å². The van der Waals surface area contributed by atoms with Gasteiger partial charge in [0.25, 0.3) is 0 Å². The number of aromatic amines is 2. The summed E-state index contributed by atoms with van der Waals surface area (Å²) >= 11 is 0. The molecular formula is C29H32N6. The average Bonchev–Trinajstić information content (AvgIpc) is 3.70. The SMILES string of the molecule is c1cc(-c2cnc([C@@H]3CCCN3)[nH]2)ccc1-c1ccc2c(c1)CCc1nc([C@@H]3CCCN3)[nH]c1C2. The molecule has 2 saturated heterocycles. The molecule has 2 aromatic heterocycles. The van der Waals surface area contributed by atoms with Gasteiger partial charge in [0, 0.05) is 12.1 Å². The van der Waals surface area contributed by atoms with Gasteiger partial charge >= 0.3 is 0 Å². The van der Waals surface area contributed by atoms with Gasteiger partial charge in [-0.2, -0.15) is 0 Å². The largest absolute Gasteiger partial charge is 0.344 e. The minimum absolute atomic E-state index is 0.366. The third-order valence-electron chi connectivity index (χ3n) is 7.99. The Morgan fingerprint density at radius 1 is 0.714 bits per heavy atom. The van der Waals surface area contributed by atoms with Crippen LogP contribution in [0.1, 0.15) is 71.9 Å². The quantitative estimate of drug-likeness (QED) is 0.342. The monoisotopic (exact) mass is 464 g/mol. The maximum atomic E-state index is 4.99. The van der Waals surface area contributed by atoms with E-state index in [0.29, 0.717) is 12.1 Å². The van der Waals surface area contributed by atoms with Crippen LogP contribution in [0.3, 0.4) is 0 Å². The van der Waals surface area contributed by atoms with Gasteiger partial charge in [-0.3, -0.25) is 0 Å². The van der Waals surface area contributed by atoms with Gasteiger partial charge in [0.15, 0.2) is 0 Å². The molecule has 2 fully saturated rings. The number of aromatic nitrogens is 4.